The van der Waals surface area contributed by atoms with Crippen molar-refractivity contribution in [1.29, 1.82) is 0 Å². The molecule has 112 valence electrons. The van der Waals surface area contributed by atoms with Gasteiger partial charge in [0.05, 0.1) is 20.3 Å². The first kappa shape index (κ1) is 15.3. The van der Waals surface area contributed by atoms with Gasteiger partial charge in [0.15, 0.2) is 11.5 Å². The van der Waals surface area contributed by atoms with Crippen LogP contribution in [-0.2, 0) is 0 Å². The molecule has 0 aliphatic carbocycles. The molecule has 0 bridgehead atoms. The molecule has 0 aliphatic rings. The lowest BCUT2D eigenvalue weighted by atomic mass is 9.99. The van der Waals surface area contributed by atoms with E-state index in [4.69, 9.17) is 9.47 Å². The summed E-state index contributed by atoms with van der Waals surface area (Å²) in [5.41, 5.74) is 3.27. The van der Waals surface area contributed by atoms with Crippen LogP contribution >= 0.6 is 0 Å². The van der Waals surface area contributed by atoms with Crippen molar-refractivity contribution in [2.24, 2.45) is 0 Å². The average molecular weight is 286 g/mol. The van der Waals surface area contributed by atoms with E-state index in [2.05, 4.69) is 29.4 Å². The van der Waals surface area contributed by atoms with Gasteiger partial charge in [-0.15, -0.1) is 0 Å². The number of hydrogen-bond donors (Lipinski definition) is 1. The van der Waals surface area contributed by atoms with Crippen molar-refractivity contribution in [2.45, 2.75) is 19.9 Å². The second kappa shape index (κ2) is 7.09. The van der Waals surface area contributed by atoms with E-state index in [1.54, 1.807) is 14.2 Å². The van der Waals surface area contributed by atoms with Gasteiger partial charge in [0.1, 0.15) is 0 Å². The molecule has 0 saturated carbocycles. The summed E-state index contributed by atoms with van der Waals surface area (Å²) >= 11 is 0. The summed E-state index contributed by atoms with van der Waals surface area (Å²) in [5.74, 6) is 1.47. The van der Waals surface area contributed by atoms with Crippen molar-refractivity contribution in [3.05, 3.63) is 53.3 Å². The van der Waals surface area contributed by atoms with Gasteiger partial charge in [-0.2, -0.15) is 0 Å². The van der Waals surface area contributed by atoms with Crippen LogP contribution < -0.4 is 14.8 Å². The maximum Gasteiger partial charge on any atom is 0.161 e. The van der Waals surface area contributed by atoms with Gasteiger partial charge in [0, 0.05) is 11.9 Å². The zero-order chi connectivity index (χ0) is 15.2. The third-order valence-electron chi connectivity index (χ3n) is 3.42. The minimum atomic E-state index is 0.0860. The average Bonchev–Trinajstić information content (AvgIpc) is 2.53. The summed E-state index contributed by atoms with van der Waals surface area (Å²) in [6.45, 7) is 4.95. The number of rotatable bonds is 6. The molecule has 0 fully saturated rings. The smallest absolute Gasteiger partial charge is 0.161 e. The highest BCUT2D eigenvalue weighted by atomic mass is 16.5. The van der Waals surface area contributed by atoms with Crippen molar-refractivity contribution in [2.75, 3.05) is 20.8 Å². The van der Waals surface area contributed by atoms with Crippen LogP contribution in [0.2, 0.25) is 0 Å². The molecule has 1 aromatic heterocycles. The Kier molecular flexibility index (Phi) is 5.17. The standard InChI is InChI=1S/C17H22N2O2/c1-5-18-17(14-7-6-12(2)19-11-14)13-8-9-15(20-3)16(10-13)21-4/h6-11,17-18H,5H2,1-4H3. The van der Waals surface area contributed by atoms with Crippen molar-refractivity contribution in [3.8, 4) is 11.5 Å². The van der Waals surface area contributed by atoms with Crippen LogP contribution in [-0.4, -0.2) is 25.7 Å². The van der Waals surface area contributed by atoms with Gasteiger partial charge < -0.3 is 14.8 Å². The molecule has 1 heterocycles. The fourth-order valence-electron chi connectivity index (χ4n) is 2.31. The third kappa shape index (κ3) is 3.52. The first-order chi connectivity index (χ1) is 10.2. The molecule has 0 spiro atoms. The number of nitrogens with zero attached hydrogens (tertiary/aromatic N) is 1. The Bertz CT molecular complexity index is 582. The fraction of sp³-hybridized carbons (Fsp3) is 0.353. The summed E-state index contributed by atoms with van der Waals surface area (Å²) in [6.07, 6.45) is 1.92. The van der Waals surface area contributed by atoms with E-state index in [9.17, 15) is 0 Å². The highest BCUT2D eigenvalue weighted by molar-refractivity contribution is 5.45. The lowest BCUT2D eigenvalue weighted by molar-refractivity contribution is 0.354. The lowest BCUT2D eigenvalue weighted by Gasteiger charge is -2.20. The Balaban J connectivity index is 2.40. The van der Waals surface area contributed by atoms with Gasteiger partial charge in [0.2, 0.25) is 0 Å². The SMILES string of the molecule is CCNC(c1ccc(C)nc1)c1ccc(OC)c(OC)c1. The summed E-state index contributed by atoms with van der Waals surface area (Å²) < 4.78 is 10.7. The molecule has 0 aliphatic heterocycles. The van der Waals surface area contributed by atoms with Crippen molar-refractivity contribution < 1.29 is 9.47 Å². The van der Waals surface area contributed by atoms with Crippen LogP contribution in [0.15, 0.2) is 36.5 Å². The summed E-state index contributed by atoms with van der Waals surface area (Å²) in [5, 5.41) is 3.49. The van der Waals surface area contributed by atoms with Crippen molar-refractivity contribution >= 4 is 0 Å². The topological polar surface area (TPSA) is 43.4 Å². The molecule has 0 amide bonds. The highest BCUT2D eigenvalue weighted by Crippen LogP contribution is 2.32. The van der Waals surface area contributed by atoms with Gasteiger partial charge in [0.25, 0.3) is 0 Å². The van der Waals surface area contributed by atoms with Crippen LogP contribution in [0.1, 0.15) is 29.8 Å². The largest absolute Gasteiger partial charge is 0.493 e. The Morgan fingerprint density at radius 2 is 1.76 bits per heavy atom. The van der Waals surface area contributed by atoms with Crippen LogP contribution in [0.25, 0.3) is 0 Å². The molecule has 4 nitrogen and oxygen atoms in total. The molecular weight excluding hydrogens is 264 g/mol. The highest BCUT2D eigenvalue weighted by Gasteiger charge is 2.15. The zero-order valence-electron chi connectivity index (χ0n) is 13.0. The van der Waals surface area contributed by atoms with Gasteiger partial charge in [-0.1, -0.05) is 19.1 Å². The van der Waals surface area contributed by atoms with Gasteiger partial charge in [-0.25, -0.2) is 0 Å². The van der Waals surface area contributed by atoms with Gasteiger partial charge in [-0.05, 0) is 42.8 Å². The van der Waals surface area contributed by atoms with Crippen molar-refractivity contribution in [3.63, 3.8) is 0 Å². The molecule has 1 N–H and O–H groups in total. The Morgan fingerprint density at radius 1 is 1.05 bits per heavy atom. The van der Waals surface area contributed by atoms with Crippen LogP contribution in [0.4, 0.5) is 0 Å². The quantitative estimate of drug-likeness (QED) is 0.886. The van der Waals surface area contributed by atoms with E-state index in [1.165, 1.54) is 0 Å². The third-order valence-corrected chi connectivity index (χ3v) is 3.42. The number of methoxy groups -OCH3 is 2. The maximum atomic E-state index is 5.39. The predicted octanol–water partition coefficient (Wildman–Crippen LogP) is 3.11. The van der Waals surface area contributed by atoms with E-state index < -0.39 is 0 Å². The molecule has 21 heavy (non-hydrogen) atoms. The Hall–Kier alpha value is -2.07. The van der Waals surface area contributed by atoms with E-state index in [-0.39, 0.29) is 6.04 Å². The molecule has 1 atom stereocenters. The maximum absolute atomic E-state index is 5.39. The predicted molar refractivity (Wildman–Crippen MR) is 84.0 cm³/mol. The summed E-state index contributed by atoms with van der Waals surface area (Å²) in [7, 11) is 3.29. The number of aromatic nitrogens is 1. The van der Waals surface area contributed by atoms with E-state index in [1.807, 2.05) is 31.3 Å². The number of benzene rings is 1. The monoisotopic (exact) mass is 286 g/mol. The van der Waals surface area contributed by atoms with E-state index in [0.717, 1.165) is 34.9 Å². The molecule has 2 rings (SSSR count). The lowest BCUT2D eigenvalue weighted by Crippen LogP contribution is -2.22. The molecule has 1 unspecified atom stereocenters. The second-order valence-corrected chi connectivity index (χ2v) is 4.84. The minimum Gasteiger partial charge on any atom is -0.493 e. The first-order valence-corrected chi connectivity index (χ1v) is 7.07. The van der Waals surface area contributed by atoms with Gasteiger partial charge in [-0.3, -0.25) is 4.98 Å². The molecule has 0 saturated heterocycles. The number of ether oxygens (including phenoxy) is 2. The number of aryl methyl sites for hydroxylation is 1. The zero-order valence-corrected chi connectivity index (χ0v) is 13.0. The number of pyridine rings is 1. The molecular formula is C17H22N2O2. The molecule has 4 heteroatoms. The fourth-order valence-corrected chi connectivity index (χ4v) is 2.31. The summed E-state index contributed by atoms with van der Waals surface area (Å²) in [6, 6.07) is 10.2. The number of hydrogen-bond acceptors (Lipinski definition) is 4. The number of nitrogens with one attached hydrogen (secondary N) is 1. The second-order valence-electron chi connectivity index (χ2n) is 4.84. The molecule has 0 radical (unpaired) electrons. The van der Waals surface area contributed by atoms with Crippen molar-refractivity contribution in [1.82, 2.24) is 10.3 Å². The van der Waals surface area contributed by atoms with Gasteiger partial charge >= 0.3 is 0 Å². The van der Waals surface area contributed by atoms with Crippen LogP contribution in [0.3, 0.4) is 0 Å². The van der Waals surface area contributed by atoms with E-state index in [0.29, 0.717) is 0 Å². The minimum absolute atomic E-state index is 0.0860. The molecule has 1 aromatic carbocycles. The van der Waals surface area contributed by atoms with Crippen LogP contribution in [0, 0.1) is 6.92 Å². The van der Waals surface area contributed by atoms with Crippen LogP contribution in [0.5, 0.6) is 11.5 Å². The summed E-state index contributed by atoms with van der Waals surface area (Å²) in [4.78, 5) is 4.39. The molecule has 2 aromatic rings. The van der Waals surface area contributed by atoms with E-state index >= 15 is 0 Å². The Morgan fingerprint density at radius 3 is 2.33 bits per heavy atom. The normalized spacial score (nSPS) is 12.0. The Labute approximate surface area is 126 Å². The first-order valence-electron chi connectivity index (χ1n) is 7.07.